The Balaban J connectivity index is 2.78. The van der Waals surface area contributed by atoms with E-state index in [1.807, 2.05) is 13.2 Å². The van der Waals surface area contributed by atoms with Crippen LogP contribution < -0.4 is 5.32 Å². The van der Waals surface area contributed by atoms with Crippen molar-refractivity contribution < 1.29 is 0 Å². The van der Waals surface area contributed by atoms with Crippen LogP contribution in [0.2, 0.25) is 0 Å². The van der Waals surface area contributed by atoms with E-state index < -0.39 is 0 Å². The SMILES string of the molecule is CNCCc1ccnc(C)c1C. The van der Waals surface area contributed by atoms with E-state index in [2.05, 4.69) is 30.2 Å². The van der Waals surface area contributed by atoms with Gasteiger partial charge in [-0.3, -0.25) is 4.98 Å². The van der Waals surface area contributed by atoms with E-state index in [9.17, 15) is 0 Å². The van der Waals surface area contributed by atoms with Gasteiger partial charge in [0.05, 0.1) is 0 Å². The maximum atomic E-state index is 4.23. The second kappa shape index (κ2) is 4.21. The average Bonchev–Trinajstić information content (AvgIpc) is 2.08. The lowest BCUT2D eigenvalue weighted by Crippen LogP contribution is -2.11. The van der Waals surface area contributed by atoms with Crippen LogP contribution in [-0.4, -0.2) is 18.6 Å². The minimum Gasteiger partial charge on any atom is -0.319 e. The van der Waals surface area contributed by atoms with Gasteiger partial charge >= 0.3 is 0 Å². The first-order valence-corrected chi connectivity index (χ1v) is 4.31. The molecule has 1 N–H and O–H groups in total. The van der Waals surface area contributed by atoms with Crippen molar-refractivity contribution in [2.75, 3.05) is 13.6 Å². The zero-order valence-electron chi connectivity index (χ0n) is 8.02. The van der Waals surface area contributed by atoms with Gasteiger partial charge in [-0.05, 0) is 51.1 Å². The van der Waals surface area contributed by atoms with Crippen LogP contribution in [0.5, 0.6) is 0 Å². The van der Waals surface area contributed by atoms with Gasteiger partial charge in [0.2, 0.25) is 0 Å². The Morgan fingerprint density at radius 2 is 2.17 bits per heavy atom. The van der Waals surface area contributed by atoms with Gasteiger partial charge in [-0.25, -0.2) is 0 Å². The lowest BCUT2D eigenvalue weighted by Gasteiger charge is -2.06. The van der Waals surface area contributed by atoms with Gasteiger partial charge in [0, 0.05) is 11.9 Å². The molecule has 0 aliphatic heterocycles. The fraction of sp³-hybridized carbons (Fsp3) is 0.500. The molecule has 0 fully saturated rings. The number of nitrogens with one attached hydrogen (secondary N) is 1. The molecule has 1 rings (SSSR count). The summed E-state index contributed by atoms with van der Waals surface area (Å²) in [7, 11) is 1.98. The molecule has 2 heteroatoms. The molecule has 66 valence electrons. The highest BCUT2D eigenvalue weighted by atomic mass is 14.8. The predicted octanol–water partition coefficient (Wildman–Crippen LogP) is 1.46. The molecule has 0 aliphatic rings. The fourth-order valence-electron chi connectivity index (χ4n) is 1.22. The molecule has 1 aromatic heterocycles. The minimum atomic E-state index is 1.03. The second-order valence-electron chi connectivity index (χ2n) is 3.03. The third kappa shape index (κ3) is 2.05. The van der Waals surface area contributed by atoms with Crippen LogP contribution >= 0.6 is 0 Å². The number of likely N-dealkylation sites (N-methyl/N-ethyl adjacent to an activating group) is 1. The number of pyridine rings is 1. The Hall–Kier alpha value is -0.890. The maximum absolute atomic E-state index is 4.23. The first-order chi connectivity index (χ1) is 5.75. The molecule has 0 amide bonds. The van der Waals surface area contributed by atoms with Crippen LogP contribution in [0.15, 0.2) is 12.3 Å². The Morgan fingerprint density at radius 1 is 1.42 bits per heavy atom. The number of aryl methyl sites for hydroxylation is 1. The van der Waals surface area contributed by atoms with Crippen molar-refractivity contribution in [3.8, 4) is 0 Å². The first-order valence-electron chi connectivity index (χ1n) is 4.31. The maximum Gasteiger partial charge on any atom is 0.0404 e. The van der Waals surface area contributed by atoms with E-state index in [-0.39, 0.29) is 0 Å². The van der Waals surface area contributed by atoms with E-state index in [4.69, 9.17) is 0 Å². The van der Waals surface area contributed by atoms with Crippen LogP contribution in [0.25, 0.3) is 0 Å². The standard InChI is InChI=1S/C10H16N2/c1-8-9(2)12-7-5-10(8)4-6-11-3/h5,7,11H,4,6H2,1-3H3. The molecule has 0 saturated carbocycles. The molecule has 0 aliphatic carbocycles. The van der Waals surface area contributed by atoms with Crippen molar-refractivity contribution in [2.45, 2.75) is 20.3 Å². The number of nitrogens with zero attached hydrogens (tertiary/aromatic N) is 1. The number of rotatable bonds is 3. The van der Waals surface area contributed by atoms with Gasteiger partial charge < -0.3 is 5.32 Å². The molecular formula is C10H16N2. The van der Waals surface area contributed by atoms with E-state index in [0.717, 1.165) is 18.7 Å². The zero-order chi connectivity index (χ0) is 8.97. The van der Waals surface area contributed by atoms with Gasteiger partial charge in [-0.1, -0.05) is 0 Å². The van der Waals surface area contributed by atoms with Crippen LogP contribution in [0.3, 0.4) is 0 Å². The highest BCUT2D eigenvalue weighted by Crippen LogP contribution is 2.09. The Labute approximate surface area is 74.0 Å². The van der Waals surface area contributed by atoms with Crippen LogP contribution in [0, 0.1) is 13.8 Å². The monoisotopic (exact) mass is 164 g/mol. The number of hydrogen-bond donors (Lipinski definition) is 1. The van der Waals surface area contributed by atoms with Crippen LogP contribution in [-0.2, 0) is 6.42 Å². The van der Waals surface area contributed by atoms with Crippen LogP contribution in [0.4, 0.5) is 0 Å². The number of hydrogen-bond acceptors (Lipinski definition) is 2. The smallest absolute Gasteiger partial charge is 0.0404 e. The van der Waals surface area contributed by atoms with E-state index >= 15 is 0 Å². The molecule has 0 atom stereocenters. The van der Waals surface area contributed by atoms with Gasteiger partial charge in [-0.15, -0.1) is 0 Å². The Bertz CT molecular complexity index is 256. The summed E-state index contributed by atoms with van der Waals surface area (Å²) < 4.78 is 0. The van der Waals surface area contributed by atoms with E-state index in [1.165, 1.54) is 11.1 Å². The molecule has 1 aromatic rings. The summed E-state index contributed by atoms with van der Waals surface area (Å²) in [6.07, 6.45) is 2.97. The van der Waals surface area contributed by atoms with Crippen molar-refractivity contribution in [1.29, 1.82) is 0 Å². The van der Waals surface area contributed by atoms with E-state index in [0.29, 0.717) is 0 Å². The summed E-state index contributed by atoms with van der Waals surface area (Å²) >= 11 is 0. The highest BCUT2D eigenvalue weighted by molar-refractivity contribution is 5.27. The molecule has 12 heavy (non-hydrogen) atoms. The van der Waals surface area contributed by atoms with Crippen molar-refractivity contribution in [3.63, 3.8) is 0 Å². The lowest BCUT2D eigenvalue weighted by atomic mass is 10.1. The van der Waals surface area contributed by atoms with Gasteiger partial charge in [-0.2, -0.15) is 0 Å². The van der Waals surface area contributed by atoms with Crippen molar-refractivity contribution >= 4 is 0 Å². The average molecular weight is 164 g/mol. The quantitative estimate of drug-likeness (QED) is 0.731. The normalized spacial score (nSPS) is 10.2. The molecule has 1 heterocycles. The second-order valence-corrected chi connectivity index (χ2v) is 3.03. The summed E-state index contributed by atoms with van der Waals surface area (Å²) in [6, 6.07) is 2.10. The van der Waals surface area contributed by atoms with Crippen molar-refractivity contribution in [1.82, 2.24) is 10.3 Å². The minimum absolute atomic E-state index is 1.03. The first kappa shape index (κ1) is 9.20. The largest absolute Gasteiger partial charge is 0.319 e. The third-order valence-corrected chi connectivity index (χ3v) is 2.21. The van der Waals surface area contributed by atoms with Crippen molar-refractivity contribution in [3.05, 3.63) is 29.1 Å². The zero-order valence-corrected chi connectivity index (χ0v) is 8.02. The van der Waals surface area contributed by atoms with E-state index in [1.54, 1.807) is 0 Å². The summed E-state index contributed by atoms with van der Waals surface area (Å²) in [4.78, 5) is 4.23. The summed E-state index contributed by atoms with van der Waals surface area (Å²) in [5, 5.41) is 3.14. The Morgan fingerprint density at radius 3 is 2.83 bits per heavy atom. The third-order valence-electron chi connectivity index (χ3n) is 2.21. The van der Waals surface area contributed by atoms with Gasteiger partial charge in [0.1, 0.15) is 0 Å². The lowest BCUT2D eigenvalue weighted by molar-refractivity contribution is 0.786. The number of aromatic nitrogens is 1. The van der Waals surface area contributed by atoms with Gasteiger partial charge in [0.25, 0.3) is 0 Å². The molecule has 0 unspecified atom stereocenters. The summed E-state index contributed by atoms with van der Waals surface area (Å²) in [5.41, 5.74) is 3.87. The molecular weight excluding hydrogens is 148 g/mol. The molecule has 0 radical (unpaired) electrons. The fourth-order valence-corrected chi connectivity index (χ4v) is 1.22. The molecule has 0 bridgehead atoms. The van der Waals surface area contributed by atoms with Crippen molar-refractivity contribution in [2.24, 2.45) is 0 Å². The topological polar surface area (TPSA) is 24.9 Å². The van der Waals surface area contributed by atoms with Gasteiger partial charge in [0.15, 0.2) is 0 Å². The van der Waals surface area contributed by atoms with Crippen LogP contribution in [0.1, 0.15) is 16.8 Å². The molecule has 0 aromatic carbocycles. The molecule has 0 spiro atoms. The molecule has 2 nitrogen and oxygen atoms in total. The highest BCUT2D eigenvalue weighted by Gasteiger charge is 1.99. The summed E-state index contributed by atoms with van der Waals surface area (Å²) in [5.74, 6) is 0. The predicted molar refractivity (Wildman–Crippen MR) is 51.3 cm³/mol. The Kier molecular flexibility index (Phi) is 3.23. The summed E-state index contributed by atoms with van der Waals surface area (Å²) in [6.45, 7) is 5.22. The molecule has 0 saturated heterocycles.